The molecular weight excluding hydrogens is 266 g/mol. The van der Waals surface area contributed by atoms with E-state index in [0.29, 0.717) is 19.3 Å². The summed E-state index contributed by atoms with van der Waals surface area (Å²) in [6.07, 6.45) is 1.83. The van der Waals surface area contributed by atoms with E-state index < -0.39 is 16.5 Å². The number of ketones is 2. The molecule has 0 spiro atoms. The Kier molecular flexibility index (Phi) is 5.06. The Balaban J connectivity index is 2.68. The molecule has 0 amide bonds. The van der Waals surface area contributed by atoms with Gasteiger partial charge in [0.05, 0.1) is 6.42 Å². The Morgan fingerprint density at radius 3 is 1.86 bits per heavy atom. The zero-order chi connectivity index (χ0) is 16.6. The minimum Gasteiger partial charge on any atom is -0.299 e. The fraction of sp³-hybridized carbons (Fsp3) is 0.882. The minimum atomic E-state index is -0.466. The number of hydrogen-bond donors (Lipinski definition) is 0. The van der Waals surface area contributed by atoms with Gasteiger partial charge in [-0.25, -0.2) is 0 Å². The van der Waals surface area contributed by atoms with Crippen LogP contribution in [0.4, 0.5) is 0 Å². The summed E-state index contributed by atoms with van der Waals surface area (Å²) >= 11 is 0. The number of Topliss-reactive ketones (excluding diaryl/α,β-unsaturated/α-hetero) is 2. The molecular formula is C17H30NO3. The van der Waals surface area contributed by atoms with Gasteiger partial charge in [-0.3, -0.25) is 9.59 Å². The van der Waals surface area contributed by atoms with Crippen LogP contribution in [-0.4, -0.2) is 27.7 Å². The Bertz CT molecular complexity index is 400. The number of rotatable bonds is 4. The second kappa shape index (κ2) is 5.81. The van der Waals surface area contributed by atoms with Gasteiger partial charge >= 0.3 is 0 Å². The quantitative estimate of drug-likeness (QED) is 0.745. The van der Waals surface area contributed by atoms with Crippen molar-refractivity contribution in [3.63, 3.8) is 0 Å². The normalized spacial score (nSPS) is 23.0. The van der Waals surface area contributed by atoms with Gasteiger partial charge < -0.3 is 0 Å². The first-order valence-corrected chi connectivity index (χ1v) is 7.78. The Labute approximate surface area is 128 Å². The van der Waals surface area contributed by atoms with Crippen molar-refractivity contribution in [2.24, 2.45) is 11.3 Å². The van der Waals surface area contributed by atoms with E-state index in [1.807, 2.05) is 48.5 Å². The third kappa shape index (κ3) is 4.62. The summed E-state index contributed by atoms with van der Waals surface area (Å²) in [5.74, 6) is 0.179. The topological polar surface area (TPSA) is 57.3 Å². The Morgan fingerprint density at radius 1 is 1.05 bits per heavy atom. The molecule has 4 nitrogen and oxygen atoms in total. The van der Waals surface area contributed by atoms with Crippen LogP contribution in [0.3, 0.4) is 0 Å². The summed E-state index contributed by atoms with van der Waals surface area (Å²) in [6.45, 7) is 13.2. The zero-order valence-corrected chi connectivity index (χ0v) is 14.6. The van der Waals surface area contributed by atoms with Crippen molar-refractivity contribution in [3.05, 3.63) is 0 Å². The number of carbonyl (C=O) groups excluding carboxylic acids is 2. The molecule has 1 rings (SSSR count). The molecule has 1 aliphatic heterocycles. The summed E-state index contributed by atoms with van der Waals surface area (Å²) in [5, 5.41) is 13.5. The first-order valence-electron chi connectivity index (χ1n) is 7.78. The fourth-order valence-electron chi connectivity index (χ4n) is 3.45. The molecule has 0 aromatic carbocycles. The largest absolute Gasteiger partial charge is 0.299 e. The maximum absolute atomic E-state index is 12.3. The standard InChI is InChI=1S/C17H30NO3/c1-15(2,3)14(20)9-13(19)8-12-10-16(4,5)18(21)17(6,7)11-12/h12H,8-11H2,1-7H3. The van der Waals surface area contributed by atoms with E-state index in [0.717, 1.165) is 0 Å². The average molecular weight is 296 g/mol. The molecule has 0 saturated carbocycles. The molecule has 121 valence electrons. The number of carbonyl (C=O) groups is 2. The molecule has 0 unspecified atom stereocenters. The summed E-state index contributed by atoms with van der Waals surface area (Å²) in [5.41, 5.74) is -1.38. The molecule has 1 heterocycles. The second-order valence-electron chi connectivity index (χ2n) is 8.79. The molecule has 0 N–H and O–H groups in total. The van der Waals surface area contributed by atoms with Crippen LogP contribution in [0.2, 0.25) is 0 Å². The zero-order valence-electron chi connectivity index (χ0n) is 14.6. The highest BCUT2D eigenvalue weighted by molar-refractivity contribution is 6.01. The van der Waals surface area contributed by atoms with Gasteiger partial charge in [-0.1, -0.05) is 20.8 Å². The van der Waals surface area contributed by atoms with E-state index in [4.69, 9.17) is 0 Å². The predicted octanol–water partition coefficient (Wildman–Crippen LogP) is 3.57. The summed E-state index contributed by atoms with van der Waals surface area (Å²) < 4.78 is 0. The van der Waals surface area contributed by atoms with Gasteiger partial charge in [0.2, 0.25) is 0 Å². The lowest BCUT2D eigenvalue weighted by Crippen LogP contribution is -2.58. The van der Waals surface area contributed by atoms with E-state index in [1.54, 1.807) is 0 Å². The molecule has 0 aliphatic carbocycles. The van der Waals surface area contributed by atoms with Crippen LogP contribution >= 0.6 is 0 Å². The van der Waals surface area contributed by atoms with Gasteiger partial charge in [-0.2, -0.15) is 0 Å². The number of hydrogen-bond acceptors (Lipinski definition) is 3. The lowest BCUT2D eigenvalue weighted by Gasteiger charge is -2.50. The maximum Gasteiger partial charge on any atom is 0.145 e. The lowest BCUT2D eigenvalue weighted by atomic mass is 9.73. The van der Waals surface area contributed by atoms with Crippen molar-refractivity contribution in [2.45, 2.75) is 85.2 Å². The summed E-state index contributed by atoms with van der Waals surface area (Å²) in [7, 11) is 0. The number of piperidine rings is 1. The third-order valence-electron chi connectivity index (χ3n) is 4.39. The van der Waals surface area contributed by atoms with Crippen molar-refractivity contribution >= 4 is 11.6 Å². The van der Waals surface area contributed by atoms with Gasteiger partial charge in [-0.05, 0) is 46.5 Å². The summed E-state index contributed by atoms with van der Waals surface area (Å²) in [4.78, 5) is 24.1. The molecule has 0 aromatic heterocycles. The number of nitrogens with zero attached hydrogens (tertiary/aromatic N) is 1. The molecule has 0 bridgehead atoms. The van der Waals surface area contributed by atoms with E-state index in [2.05, 4.69) is 0 Å². The molecule has 0 aromatic rings. The van der Waals surface area contributed by atoms with Crippen LogP contribution in [0.15, 0.2) is 0 Å². The van der Waals surface area contributed by atoms with Crippen LogP contribution in [0.1, 0.15) is 74.1 Å². The molecule has 1 fully saturated rings. The predicted molar refractivity (Wildman–Crippen MR) is 82.1 cm³/mol. The van der Waals surface area contributed by atoms with Crippen LogP contribution in [-0.2, 0) is 14.8 Å². The van der Waals surface area contributed by atoms with Gasteiger partial charge in [0, 0.05) is 22.9 Å². The SMILES string of the molecule is CC(C)(C)C(=O)CC(=O)CC1CC(C)(C)N([O])C(C)(C)C1. The van der Waals surface area contributed by atoms with Crippen LogP contribution in [0.25, 0.3) is 0 Å². The van der Waals surface area contributed by atoms with Crippen LogP contribution < -0.4 is 0 Å². The Hall–Kier alpha value is -0.740. The lowest BCUT2D eigenvalue weighted by molar-refractivity contribution is -0.294. The van der Waals surface area contributed by atoms with Crippen molar-refractivity contribution in [2.75, 3.05) is 0 Å². The molecule has 0 atom stereocenters. The van der Waals surface area contributed by atoms with Gasteiger partial charge in [0.15, 0.2) is 0 Å². The number of hydroxylamine groups is 2. The van der Waals surface area contributed by atoms with Gasteiger partial charge in [0.1, 0.15) is 11.6 Å². The van der Waals surface area contributed by atoms with Crippen molar-refractivity contribution in [1.82, 2.24) is 5.06 Å². The van der Waals surface area contributed by atoms with E-state index in [1.165, 1.54) is 5.06 Å². The highest BCUT2D eigenvalue weighted by Gasteiger charge is 2.46. The van der Waals surface area contributed by atoms with E-state index in [9.17, 15) is 14.8 Å². The van der Waals surface area contributed by atoms with E-state index in [-0.39, 0.29) is 23.9 Å². The summed E-state index contributed by atoms with van der Waals surface area (Å²) in [6, 6.07) is 0. The first kappa shape index (κ1) is 18.3. The van der Waals surface area contributed by atoms with Crippen molar-refractivity contribution in [1.29, 1.82) is 0 Å². The average Bonchev–Trinajstić information content (AvgIpc) is 2.23. The maximum atomic E-state index is 12.3. The highest BCUT2D eigenvalue weighted by Crippen LogP contribution is 2.41. The molecule has 21 heavy (non-hydrogen) atoms. The van der Waals surface area contributed by atoms with Crippen LogP contribution in [0, 0.1) is 11.3 Å². The molecule has 1 saturated heterocycles. The van der Waals surface area contributed by atoms with Gasteiger partial charge in [-0.15, -0.1) is 10.3 Å². The Morgan fingerprint density at radius 2 is 1.48 bits per heavy atom. The smallest absolute Gasteiger partial charge is 0.145 e. The third-order valence-corrected chi connectivity index (χ3v) is 4.39. The monoisotopic (exact) mass is 296 g/mol. The van der Waals surface area contributed by atoms with E-state index >= 15 is 0 Å². The highest BCUT2D eigenvalue weighted by atomic mass is 16.5. The fourth-order valence-corrected chi connectivity index (χ4v) is 3.45. The molecule has 4 heteroatoms. The van der Waals surface area contributed by atoms with Crippen molar-refractivity contribution < 1.29 is 14.8 Å². The minimum absolute atomic E-state index is 0.00544. The van der Waals surface area contributed by atoms with Crippen molar-refractivity contribution in [3.8, 4) is 0 Å². The van der Waals surface area contributed by atoms with Gasteiger partial charge in [0.25, 0.3) is 0 Å². The molecule has 1 radical (unpaired) electrons. The first-order chi connectivity index (χ1) is 9.25. The second-order valence-corrected chi connectivity index (χ2v) is 8.79. The molecule has 1 aliphatic rings. The van der Waals surface area contributed by atoms with Crippen LogP contribution in [0.5, 0.6) is 0 Å².